The summed E-state index contributed by atoms with van der Waals surface area (Å²) in [7, 11) is 2.14. The fourth-order valence-electron chi connectivity index (χ4n) is 3.54. The van der Waals surface area contributed by atoms with Crippen LogP contribution in [0.4, 0.5) is 0 Å². The molecule has 24 heavy (non-hydrogen) atoms. The van der Waals surface area contributed by atoms with Crippen LogP contribution in [0.5, 0.6) is 0 Å². The maximum atomic E-state index is 4.42. The number of pyridine rings is 1. The zero-order chi connectivity index (χ0) is 16.7. The molecular weight excluding hydrogens is 294 g/mol. The average Bonchev–Trinajstić information content (AvgIpc) is 2.87. The lowest BCUT2D eigenvalue weighted by molar-refractivity contribution is 0.447. The molecule has 1 aliphatic rings. The first-order valence-corrected chi connectivity index (χ1v) is 8.53. The molecule has 0 saturated carbocycles. The number of aryl methyl sites for hydroxylation is 4. The van der Waals surface area contributed by atoms with Gasteiger partial charge in [-0.2, -0.15) is 0 Å². The topological polar surface area (TPSA) is 21.1 Å². The van der Waals surface area contributed by atoms with Gasteiger partial charge in [0.2, 0.25) is 0 Å². The van der Waals surface area contributed by atoms with Crippen molar-refractivity contribution in [1.29, 1.82) is 0 Å². The molecule has 4 rings (SSSR count). The fourth-order valence-corrected chi connectivity index (χ4v) is 3.54. The predicted octanol–water partition coefficient (Wildman–Crippen LogP) is 4.31. The van der Waals surface area contributed by atoms with Crippen LogP contribution in [0.3, 0.4) is 0 Å². The second-order valence-electron chi connectivity index (χ2n) is 6.82. The summed E-state index contributed by atoms with van der Waals surface area (Å²) in [4.78, 5) is 6.67. The van der Waals surface area contributed by atoms with Crippen LogP contribution in [-0.2, 0) is 19.5 Å². The molecule has 3 heterocycles. The molecule has 122 valence electrons. The number of benzene rings is 1. The third kappa shape index (κ3) is 2.60. The largest absolute Gasteiger partial charge is 0.376 e. The third-order valence-corrected chi connectivity index (χ3v) is 4.86. The highest BCUT2D eigenvalue weighted by Crippen LogP contribution is 2.32. The number of hydrogen-bond acceptors (Lipinski definition) is 2. The minimum Gasteiger partial charge on any atom is -0.376 e. The highest BCUT2D eigenvalue weighted by molar-refractivity contribution is 5.89. The van der Waals surface area contributed by atoms with Gasteiger partial charge in [0.05, 0.1) is 0 Å². The van der Waals surface area contributed by atoms with Crippen molar-refractivity contribution in [3.8, 4) is 0 Å². The van der Waals surface area contributed by atoms with Gasteiger partial charge in [0.25, 0.3) is 0 Å². The maximum absolute atomic E-state index is 4.42. The van der Waals surface area contributed by atoms with Crippen LogP contribution in [0.1, 0.15) is 28.1 Å². The molecule has 0 fully saturated rings. The Bertz CT molecular complexity index is 916. The van der Waals surface area contributed by atoms with Crippen LogP contribution in [0, 0.1) is 13.8 Å². The molecule has 3 aromatic rings. The Morgan fingerprint density at radius 1 is 1.12 bits per heavy atom. The lowest BCUT2D eigenvalue weighted by Crippen LogP contribution is -2.15. The number of nitrogens with zero attached hydrogens (tertiary/aromatic N) is 3. The van der Waals surface area contributed by atoms with Crippen molar-refractivity contribution in [2.24, 2.45) is 0 Å². The minimum absolute atomic E-state index is 0.977. The summed E-state index contributed by atoms with van der Waals surface area (Å²) in [6, 6.07) is 11.1. The second-order valence-corrected chi connectivity index (χ2v) is 6.82. The summed E-state index contributed by atoms with van der Waals surface area (Å²) in [5.74, 6) is 0. The van der Waals surface area contributed by atoms with E-state index in [4.69, 9.17) is 0 Å². The molecule has 2 aromatic heterocycles. The van der Waals surface area contributed by atoms with Gasteiger partial charge in [-0.3, -0.25) is 4.98 Å². The molecule has 0 unspecified atom stereocenters. The molecule has 1 aliphatic heterocycles. The van der Waals surface area contributed by atoms with Gasteiger partial charge in [-0.25, -0.2) is 0 Å². The van der Waals surface area contributed by atoms with E-state index >= 15 is 0 Å². The van der Waals surface area contributed by atoms with E-state index in [1.807, 2.05) is 13.1 Å². The Balaban J connectivity index is 1.75. The summed E-state index contributed by atoms with van der Waals surface area (Å²) in [5, 5.41) is 1.39. The van der Waals surface area contributed by atoms with E-state index in [1.54, 1.807) is 0 Å². The van der Waals surface area contributed by atoms with Crippen LogP contribution in [0.25, 0.3) is 17.0 Å². The quantitative estimate of drug-likeness (QED) is 0.717. The van der Waals surface area contributed by atoms with Gasteiger partial charge in [-0.05, 0) is 50.1 Å². The molecule has 0 saturated heterocycles. The lowest BCUT2D eigenvalue weighted by atomic mass is 10.1. The molecule has 0 atom stereocenters. The van der Waals surface area contributed by atoms with Gasteiger partial charge in [0.1, 0.15) is 0 Å². The summed E-state index contributed by atoms with van der Waals surface area (Å²) in [6.45, 7) is 6.16. The molecule has 0 spiro atoms. The first-order chi connectivity index (χ1) is 11.6. The first kappa shape index (κ1) is 15.0. The molecule has 0 bridgehead atoms. The molecule has 0 aliphatic carbocycles. The van der Waals surface area contributed by atoms with Crippen LogP contribution in [0.2, 0.25) is 0 Å². The lowest BCUT2D eigenvalue weighted by Gasteiger charge is -2.20. The Labute approximate surface area is 143 Å². The van der Waals surface area contributed by atoms with Crippen LogP contribution in [0.15, 0.2) is 42.7 Å². The molecule has 0 radical (unpaired) electrons. The van der Waals surface area contributed by atoms with E-state index in [-0.39, 0.29) is 0 Å². The van der Waals surface area contributed by atoms with Crippen LogP contribution >= 0.6 is 0 Å². The summed E-state index contributed by atoms with van der Waals surface area (Å²) in [6.07, 6.45) is 7.43. The number of aromatic nitrogens is 2. The zero-order valence-corrected chi connectivity index (χ0v) is 14.6. The molecular formula is C21H23N3. The highest BCUT2D eigenvalue weighted by atomic mass is 15.1. The molecule has 3 heteroatoms. The van der Waals surface area contributed by atoms with E-state index in [9.17, 15) is 0 Å². The van der Waals surface area contributed by atoms with E-state index in [1.165, 1.54) is 33.3 Å². The Morgan fingerprint density at radius 3 is 2.79 bits per heavy atom. The Hall–Kier alpha value is -2.55. The van der Waals surface area contributed by atoms with Gasteiger partial charge in [-0.15, -0.1) is 0 Å². The van der Waals surface area contributed by atoms with E-state index in [0.29, 0.717) is 0 Å². The highest BCUT2D eigenvalue weighted by Gasteiger charge is 2.18. The van der Waals surface area contributed by atoms with Crippen molar-refractivity contribution in [3.63, 3.8) is 0 Å². The van der Waals surface area contributed by atoms with E-state index < -0.39 is 0 Å². The van der Waals surface area contributed by atoms with Gasteiger partial charge in [0, 0.05) is 60.4 Å². The predicted molar refractivity (Wildman–Crippen MR) is 99.9 cm³/mol. The van der Waals surface area contributed by atoms with Crippen molar-refractivity contribution >= 4 is 17.0 Å². The normalized spacial score (nSPS) is 13.5. The molecule has 1 aromatic carbocycles. The number of rotatable bonds is 3. The van der Waals surface area contributed by atoms with Crippen molar-refractivity contribution in [2.45, 2.75) is 33.4 Å². The summed E-state index contributed by atoms with van der Waals surface area (Å²) >= 11 is 0. The number of hydrogen-bond donors (Lipinski definition) is 0. The monoisotopic (exact) mass is 317 g/mol. The van der Waals surface area contributed by atoms with Crippen molar-refractivity contribution in [2.75, 3.05) is 7.05 Å². The molecule has 0 N–H and O–H groups in total. The number of fused-ring (bicyclic) bond motifs is 3. The molecule has 3 nitrogen and oxygen atoms in total. The first-order valence-electron chi connectivity index (χ1n) is 8.53. The van der Waals surface area contributed by atoms with Crippen LogP contribution in [-0.4, -0.2) is 21.5 Å². The standard InChI is InChI=1S/C21H23N3/c1-15-4-7-20-18(12-15)19-14-23(3)10-9-21(19)24(20)11-8-17-6-5-16(2)22-13-17/h4-7,9-10,12-13H,8,11,14H2,1-3H3. The SMILES string of the molecule is Cc1ccc2c(c1)c1c(n2CCc2ccc(C)nc2)C=CN(C)C1. The zero-order valence-electron chi connectivity index (χ0n) is 14.6. The maximum Gasteiger partial charge on any atom is 0.0488 e. The van der Waals surface area contributed by atoms with E-state index in [2.05, 4.69) is 71.0 Å². The summed E-state index contributed by atoms with van der Waals surface area (Å²) in [5.41, 5.74) is 7.83. The van der Waals surface area contributed by atoms with E-state index in [0.717, 1.165) is 25.2 Å². The van der Waals surface area contributed by atoms with Gasteiger partial charge >= 0.3 is 0 Å². The average molecular weight is 317 g/mol. The Morgan fingerprint density at radius 2 is 2.00 bits per heavy atom. The molecule has 0 amide bonds. The van der Waals surface area contributed by atoms with Crippen LogP contribution < -0.4 is 0 Å². The smallest absolute Gasteiger partial charge is 0.0488 e. The summed E-state index contributed by atoms with van der Waals surface area (Å²) < 4.78 is 2.47. The minimum atomic E-state index is 0.977. The van der Waals surface area contributed by atoms with Gasteiger partial charge in [-0.1, -0.05) is 17.7 Å². The van der Waals surface area contributed by atoms with Gasteiger partial charge in [0.15, 0.2) is 0 Å². The van der Waals surface area contributed by atoms with Crippen molar-refractivity contribution < 1.29 is 0 Å². The van der Waals surface area contributed by atoms with Gasteiger partial charge < -0.3 is 9.47 Å². The second kappa shape index (κ2) is 5.82. The fraction of sp³-hybridized carbons (Fsp3) is 0.286. The van der Waals surface area contributed by atoms with Crippen molar-refractivity contribution in [1.82, 2.24) is 14.5 Å². The van der Waals surface area contributed by atoms with Crippen molar-refractivity contribution in [3.05, 3.63) is 70.8 Å². The third-order valence-electron chi connectivity index (χ3n) is 4.86. The Kier molecular flexibility index (Phi) is 3.64.